The van der Waals surface area contributed by atoms with Crippen molar-refractivity contribution in [2.45, 2.75) is 65.5 Å². The topological polar surface area (TPSA) is 15.3 Å². The van der Waals surface area contributed by atoms with E-state index in [1.54, 1.807) is 0 Å². The van der Waals surface area contributed by atoms with Crippen LogP contribution in [0.3, 0.4) is 0 Å². The first-order valence-electron chi connectivity index (χ1n) is 8.81. The van der Waals surface area contributed by atoms with Gasteiger partial charge in [-0.25, -0.2) is 0 Å². The molecule has 0 aromatic heterocycles. The maximum Gasteiger partial charge on any atom is 0.0366 e. The van der Waals surface area contributed by atoms with Gasteiger partial charge in [-0.1, -0.05) is 38.3 Å². The van der Waals surface area contributed by atoms with Gasteiger partial charge in [0.05, 0.1) is 0 Å². The summed E-state index contributed by atoms with van der Waals surface area (Å²) in [6, 6.07) is 9.79. The number of nitrogens with one attached hydrogen (secondary N) is 1. The molecule has 0 saturated heterocycles. The van der Waals surface area contributed by atoms with E-state index in [0.29, 0.717) is 6.04 Å². The zero-order valence-electron chi connectivity index (χ0n) is 14.1. The summed E-state index contributed by atoms with van der Waals surface area (Å²) >= 11 is 0. The Balaban J connectivity index is 1.88. The molecule has 1 fully saturated rings. The molecule has 0 radical (unpaired) electrons. The van der Waals surface area contributed by atoms with Gasteiger partial charge in [0.1, 0.15) is 0 Å². The first-order valence-corrected chi connectivity index (χ1v) is 8.81. The first-order chi connectivity index (χ1) is 10.2. The Hall–Kier alpha value is -1.02. The maximum atomic E-state index is 3.79. The zero-order valence-corrected chi connectivity index (χ0v) is 14.1. The van der Waals surface area contributed by atoms with E-state index in [1.807, 2.05) is 0 Å². The third kappa shape index (κ3) is 4.74. The highest BCUT2D eigenvalue weighted by Gasteiger charge is 2.18. The van der Waals surface area contributed by atoms with Crippen molar-refractivity contribution in [2.24, 2.45) is 5.92 Å². The van der Waals surface area contributed by atoms with Gasteiger partial charge >= 0.3 is 0 Å². The monoisotopic (exact) mass is 288 g/mol. The molecule has 2 heteroatoms. The van der Waals surface area contributed by atoms with Crippen LogP contribution >= 0.6 is 0 Å². The molecule has 1 N–H and O–H groups in total. The zero-order chi connectivity index (χ0) is 15.1. The van der Waals surface area contributed by atoms with Crippen molar-refractivity contribution in [1.82, 2.24) is 5.32 Å². The molecule has 21 heavy (non-hydrogen) atoms. The summed E-state index contributed by atoms with van der Waals surface area (Å²) in [6.07, 6.45) is 6.96. The van der Waals surface area contributed by atoms with Crippen molar-refractivity contribution in [3.05, 3.63) is 29.8 Å². The Kier molecular flexibility index (Phi) is 6.56. The molecule has 2 atom stereocenters. The molecule has 2 rings (SSSR count). The molecule has 1 aliphatic rings. The summed E-state index contributed by atoms with van der Waals surface area (Å²) in [4.78, 5) is 2.39. The fourth-order valence-electron chi connectivity index (χ4n) is 3.46. The van der Waals surface area contributed by atoms with Gasteiger partial charge in [-0.2, -0.15) is 0 Å². The highest BCUT2D eigenvalue weighted by atomic mass is 15.1. The van der Waals surface area contributed by atoms with E-state index in [1.165, 1.54) is 43.4 Å². The van der Waals surface area contributed by atoms with E-state index in [9.17, 15) is 0 Å². The van der Waals surface area contributed by atoms with Crippen LogP contribution in [-0.2, 0) is 6.54 Å². The number of nitrogens with zero attached hydrogens (tertiary/aromatic N) is 1. The number of anilines is 1. The lowest BCUT2D eigenvalue weighted by molar-refractivity contribution is 0.356. The van der Waals surface area contributed by atoms with Crippen LogP contribution in [0.5, 0.6) is 0 Å². The van der Waals surface area contributed by atoms with Crippen molar-refractivity contribution in [2.75, 3.05) is 18.0 Å². The second kappa shape index (κ2) is 8.43. The first kappa shape index (κ1) is 16.4. The van der Waals surface area contributed by atoms with Crippen LogP contribution in [-0.4, -0.2) is 19.1 Å². The lowest BCUT2D eigenvalue weighted by Crippen LogP contribution is -2.33. The minimum Gasteiger partial charge on any atom is -0.372 e. The lowest BCUT2D eigenvalue weighted by atomic mass is 9.97. The van der Waals surface area contributed by atoms with Crippen LogP contribution in [0, 0.1) is 5.92 Å². The molecule has 0 aliphatic heterocycles. The van der Waals surface area contributed by atoms with E-state index < -0.39 is 0 Å². The average Bonchev–Trinajstić information content (AvgIpc) is 2.72. The molecule has 1 aliphatic carbocycles. The molecule has 0 amide bonds. The van der Waals surface area contributed by atoms with Crippen LogP contribution in [0.1, 0.15) is 58.4 Å². The summed E-state index contributed by atoms with van der Waals surface area (Å²) in [7, 11) is 0. The second-order valence-corrected chi connectivity index (χ2v) is 6.44. The van der Waals surface area contributed by atoms with Crippen LogP contribution in [0.25, 0.3) is 0 Å². The fraction of sp³-hybridized carbons (Fsp3) is 0.684. The van der Waals surface area contributed by atoms with Crippen molar-refractivity contribution in [3.63, 3.8) is 0 Å². The van der Waals surface area contributed by atoms with E-state index in [0.717, 1.165) is 25.6 Å². The molecule has 2 unspecified atom stereocenters. The minimum atomic E-state index is 0.704. The quantitative estimate of drug-likeness (QED) is 0.770. The highest BCUT2D eigenvalue weighted by Crippen LogP contribution is 2.23. The lowest BCUT2D eigenvalue weighted by Gasteiger charge is -2.24. The third-order valence-corrected chi connectivity index (χ3v) is 4.99. The normalized spacial score (nSPS) is 22.8. The summed E-state index contributed by atoms with van der Waals surface area (Å²) in [5.74, 6) is 0.822. The number of hydrogen-bond donors (Lipinski definition) is 1. The molecule has 0 bridgehead atoms. The van der Waals surface area contributed by atoms with Crippen molar-refractivity contribution in [1.29, 1.82) is 0 Å². The van der Waals surface area contributed by atoms with Gasteiger partial charge in [0.25, 0.3) is 0 Å². The van der Waals surface area contributed by atoms with Crippen molar-refractivity contribution < 1.29 is 0 Å². The van der Waals surface area contributed by atoms with Gasteiger partial charge in [0.15, 0.2) is 0 Å². The van der Waals surface area contributed by atoms with Crippen LogP contribution in [0.15, 0.2) is 24.3 Å². The smallest absolute Gasteiger partial charge is 0.0366 e. The highest BCUT2D eigenvalue weighted by molar-refractivity contribution is 5.47. The Morgan fingerprint density at radius 2 is 1.67 bits per heavy atom. The molecular formula is C19H32N2. The van der Waals surface area contributed by atoms with Gasteiger partial charge in [-0.3, -0.25) is 0 Å². The molecule has 0 spiro atoms. The summed E-state index contributed by atoms with van der Waals surface area (Å²) < 4.78 is 0. The average molecular weight is 288 g/mol. The summed E-state index contributed by atoms with van der Waals surface area (Å²) in [6.45, 7) is 10.0. The largest absolute Gasteiger partial charge is 0.372 e. The van der Waals surface area contributed by atoms with Crippen LogP contribution in [0.4, 0.5) is 5.69 Å². The molecular weight excluding hydrogens is 256 g/mol. The molecule has 1 aromatic rings. The van der Waals surface area contributed by atoms with Gasteiger partial charge in [-0.15, -0.1) is 0 Å². The Morgan fingerprint density at radius 3 is 2.33 bits per heavy atom. The van der Waals surface area contributed by atoms with Gasteiger partial charge in [-0.05, 0) is 50.3 Å². The van der Waals surface area contributed by atoms with E-state index in [4.69, 9.17) is 0 Å². The molecule has 118 valence electrons. The predicted octanol–water partition coefficient (Wildman–Crippen LogP) is 4.59. The Morgan fingerprint density at radius 1 is 1.00 bits per heavy atom. The molecule has 1 saturated carbocycles. The Bertz CT molecular complexity index is 395. The Labute approximate surface area is 130 Å². The maximum absolute atomic E-state index is 3.79. The number of rotatable bonds is 6. The number of benzene rings is 1. The predicted molar refractivity (Wildman–Crippen MR) is 92.9 cm³/mol. The third-order valence-electron chi connectivity index (χ3n) is 4.99. The second-order valence-electron chi connectivity index (χ2n) is 6.44. The van der Waals surface area contributed by atoms with Crippen LogP contribution in [0.2, 0.25) is 0 Å². The molecule has 2 nitrogen and oxygen atoms in total. The standard InChI is InChI=1S/C19H32N2/c1-4-21(5-2)18-13-11-17(12-14-18)15-20-19-10-8-6-7-9-16(19)3/h11-14,16,19-20H,4-10,15H2,1-3H3. The van der Waals surface area contributed by atoms with Gasteiger partial charge in [0.2, 0.25) is 0 Å². The SMILES string of the molecule is CCN(CC)c1ccc(CNC2CCCCCC2C)cc1. The number of hydrogen-bond acceptors (Lipinski definition) is 2. The van der Waals surface area contributed by atoms with E-state index >= 15 is 0 Å². The van der Waals surface area contributed by atoms with E-state index in [2.05, 4.69) is 55.3 Å². The molecule has 1 aromatic carbocycles. The van der Waals surface area contributed by atoms with Crippen molar-refractivity contribution in [3.8, 4) is 0 Å². The fourth-order valence-corrected chi connectivity index (χ4v) is 3.46. The van der Waals surface area contributed by atoms with Gasteiger partial charge < -0.3 is 10.2 Å². The van der Waals surface area contributed by atoms with Gasteiger partial charge in [0, 0.05) is 31.4 Å². The van der Waals surface area contributed by atoms with Crippen LogP contribution < -0.4 is 10.2 Å². The molecule has 0 heterocycles. The van der Waals surface area contributed by atoms with E-state index in [-0.39, 0.29) is 0 Å². The van der Waals surface area contributed by atoms with Crippen molar-refractivity contribution >= 4 is 5.69 Å². The summed E-state index contributed by atoms with van der Waals surface area (Å²) in [5, 5.41) is 3.79. The minimum absolute atomic E-state index is 0.704. The summed E-state index contributed by atoms with van der Waals surface area (Å²) in [5.41, 5.74) is 2.74.